The van der Waals surface area contributed by atoms with Crippen molar-refractivity contribution < 1.29 is 4.39 Å². The number of halogens is 1. The summed E-state index contributed by atoms with van der Waals surface area (Å²) in [7, 11) is 0. The first kappa shape index (κ1) is 14.4. The second-order valence-corrected chi connectivity index (χ2v) is 4.55. The molecule has 0 unspecified atom stereocenters. The molecule has 0 amide bonds. The van der Waals surface area contributed by atoms with Crippen molar-refractivity contribution in [2.24, 2.45) is 0 Å². The summed E-state index contributed by atoms with van der Waals surface area (Å²) < 4.78 is 12.2. The number of aryl methyl sites for hydroxylation is 1. The molecule has 96 valence electrons. The van der Waals surface area contributed by atoms with E-state index in [9.17, 15) is 4.39 Å². The van der Waals surface area contributed by atoms with Crippen molar-refractivity contribution in [3.8, 4) is 0 Å². The van der Waals surface area contributed by atoms with Crippen molar-refractivity contribution in [2.45, 2.75) is 33.1 Å². The van der Waals surface area contributed by atoms with E-state index in [2.05, 4.69) is 38.1 Å². The van der Waals surface area contributed by atoms with Crippen molar-refractivity contribution in [1.29, 1.82) is 0 Å². The summed E-state index contributed by atoms with van der Waals surface area (Å²) in [6, 6.07) is 17.1. The van der Waals surface area contributed by atoms with Crippen LogP contribution in [0.1, 0.15) is 37.8 Å². The average Bonchev–Trinajstić information content (AvgIpc) is 2.41. The molecule has 0 aliphatic rings. The van der Waals surface area contributed by atoms with Crippen LogP contribution in [0.3, 0.4) is 0 Å². The number of rotatable bonds is 2. The van der Waals surface area contributed by atoms with Gasteiger partial charge in [-0.2, -0.15) is 0 Å². The van der Waals surface area contributed by atoms with Crippen molar-refractivity contribution >= 4 is 0 Å². The molecule has 0 heterocycles. The Morgan fingerprint density at radius 3 is 1.83 bits per heavy atom. The summed E-state index contributed by atoms with van der Waals surface area (Å²) in [4.78, 5) is 0. The van der Waals surface area contributed by atoms with Gasteiger partial charge in [0.1, 0.15) is 5.82 Å². The van der Waals surface area contributed by atoms with E-state index >= 15 is 0 Å². The van der Waals surface area contributed by atoms with E-state index < -0.39 is 0 Å². The summed E-state index contributed by atoms with van der Waals surface area (Å²) in [5, 5.41) is 0. The zero-order valence-electron chi connectivity index (χ0n) is 11.4. The predicted molar refractivity (Wildman–Crippen MR) is 76.3 cm³/mol. The van der Waals surface area contributed by atoms with Crippen LogP contribution in [-0.4, -0.2) is 0 Å². The summed E-state index contributed by atoms with van der Waals surface area (Å²) >= 11 is 0. The molecule has 0 saturated heterocycles. The lowest BCUT2D eigenvalue weighted by molar-refractivity contribution is 0.627. The first-order valence-corrected chi connectivity index (χ1v) is 6.43. The van der Waals surface area contributed by atoms with E-state index in [0.29, 0.717) is 5.92 Å². The maximum Gasteiger partial charge on any atom is 0.123 e. The molecule has 2 aromatic rings. The number of hydrogen-bond donors (Lipinski definition) is 0. The molecule has 0 fully saturated rings. The lowest BCUT2D eigenvalue weighted by Gasteiger charge is -2.01. The zero-order valence-corrected chi connectivity index (χ0v) is 11.4. The molecule has 0 aliphatic heterocycles. The number of benzene rings is 2. The first-order valence-electron chi connectivity index (χ1n) is 6.43. The molecule has 2 aromatic carbocycles. The summed E-state index contributed by atoms with van der Waals surface area (Å²) in [5.41, 5.74) is 2.59. The molecule has 0 aromatic heterocycles. The van der Waals surface area contributed by atoms with Crippen LogP contribution < -0.4 is 0 Å². The van der Waals surface area contributed by atoms with E-state index in [-0.39, 0.29) is 5.82 Å². The maximum atomic E-state index is 12.2. The normalized spacial score (nSPS) is 9.83. The van der Waals surface area contributed by atoms with E-state index in [0.717, 1.165) is 6.42 Å². The van der Waals surface area contributed by atoms with Gasteiger partial charge in [-0.1, -0.05) is 63.2 Å². The Hall–Kier alpha value is -1.63. The fourth-order valence-electron chi connectivity index (χ4n) is 1.56. The highest BCUT2D eigenvalue weighted by atomic mass is 19.1. The van der Waals surface area contributed by atoms with E-state index in [1.807, 2.05) is 13.0 Å². The molecular formula is C17H21F. The number of hydrogen-bond acceptors (Lipinski definition) is 0. The smallest absolute Gasteiger partial charge is 0.123 e. The summed E-state index contributed by atoms with van der Waals surface area (Å²) in [6.45, 7) is 6.46. The summed E-state index contributed by atoms with van der Waals surface area (Å²) in [6.07, 6.45) is 0.972. The van der Waals surface area contributed by atoms with Crippen molar-refractivity contribution in [3.63, 3.8) is 0 Å². The molecule has 0 radical (unpaired) electrons. The Bertz CT molecular complexity index is 429. The van der Waals surface area contributed by atoms with Gasteiger partial charge in [-0.05, 0) is 35.6 Å². The van der Waals surface area contributed by atoms with Crippen LogP contribution in [0.15, 0.2) is 54.6 Å². The topological polar surface area (TPSA) is 0 Å². The van der Waals surface area contributed by atoms with Crippen LogP contribution in [0.5, 0.6) is 0 Å². The van der Waals surface area contributed by atoms with Gasteiger partial charge < -0.3 is 0 Å². The molecular weight excluding hydrogens is 223 g/mol. The third-order valence-electron chi connectivity index (χ3n) is 2.79. The van der Waals surface area contributed by atoms with Crippen LogP contribution in [0, 0.1) is 5.82 Å². The zero-order chi connectivity index (χ0) is 13.4. The van der Waals surface area contributed by atoms with Gasteiger partial charge in [-0.25, -0.2) is 4.39 Å². The van der Waals surface area contributed by atoms with Crippen molar-refractivity contribution in [3.05, 3.63) is 71.5 Å². The van der Waals surface area contributed by atoms with Gasteiger partial charge in [-0.3, -0.25) is 0 Å². The van der Waals surface area contributed by atoms with Crippen molar-refractivity contribution in [1.82, 2.24) is 0 Å². The van der Waals surface area contributed by atoms with Gasteiger partial charge >= 0.3 is 0 Å². The SMILES string of the molecule is CC(C)c1ccccc1.CCc1ccc(F)cc1. The van der Waals surface area contributed by atoms with Crippen LogP contribution in [0.25, 0.3) is 0 Å². The van der Waals surface area contributed by atoms with Gasteiger partial charge in [0.15, 0.2) is 0 Å². The standard InChI is InChI=1S/C9H12.C8H9F/c1-8(2)9-6-4-3-5-7-9;1-2-7-3-5-8(9)6-4-7/h3-8H,1-2H3;3-6H,2H2,1H3. The molecule has 0 saturated carbocycles. The molecule has 0 aliphatic carbocycles. The fraction of sp³-hybridized carbons (Fsp3) is 0.294. The lowest BCUT2D eigenvalue weighted by atomic mass is 10.0. The highest BCUT2D eigenvalue weighted by Crippen LogP contribution is 2.11. The molecule has 1 heteroatoms. The minimum Gasteiger partial charge on any atom is -0.207 e. The highest BCUT2D eigenvalue weighted by molar-refractivity contribution is 5.17. The molecule has 0 spiro atoms. The Morgan fingerprint density at radius 1 is 0.889 bits per heavy atom. The molecule has 0 N–H and O–H groups in total. The molecule has 0 atom stereocenters. The van der Waals surface area contributed by atoms with Crippen LogP contribution in [0.4, 0.5) is 4.39 Å². The quantitative estimate of drug-likeness (QED) is 0.681. The predicted octanol–water partition coefficient (Wildman–Crippen LogP) is 5.20. The third kappa shape index (κ3) is 5.13. The minimum absolute atomic E-state index is 0.160. The van der Waals surface area contributed by atoms with E-state index in [1.54, 1.807) is 12.1 Å². The second kappa shape index (κ2) is 7.65. The third-order valence-corrected chi connectivity index (χ3v) is 2.79. The van der Waals surface area contributed by atoms with Gasteiger partial charge in [0, 0.05) is 0 Å². The molecule has 0 bridgehead atoms. The lowest BCUT2D eigenvalue weighted by Crippen LogP contribution is -1.83. The van der Waals surface area contributed by atoms with Crippen LogP contribution in [-0.2, 0) is 6.42 Å². The highest BCUT2D eigenvalue weighted by Gasteiger charge is 1.93. The summed E-state index contributed by atoms with van der Waals surface area (Å²) in [5.74, 6) is 0.499. The molecule has 0 nitrogen and oxygen atoms in total. The van der Waals surface area contributed by atoms with E-state index in [1.165, 1.54) is 23.3 Å². The van der Waals surface area contributed by atoms with Gasteiger partial charge in [0.05, 0.1) is 0 Å². The Kier molecular flexibility index (Phi) is 6.13. The van der Waals surface area contributed by atoms with Crippen LogP contribution >= 0.6 is 0 Å². The monoisotopic (exact) mass is 244 g/mol. The van der Waals surface area contributed by atoms with Crippen LogP contribution in [0.2, 0.25) is 0 Å². The molecule has 2 rings (SSSR count). The minimum atomic E-state index is -0.160. The largest absolute Gasteiger partial charge is 0.207 e. The average molecular weight is 244 g/mol. The second-order valence-electron chi connectivity index (χ2n) is 4.55. The Labute approximate surface area is 109 Å². The van der Waals surface area contributed by atoms with E-state index in [4.69, 9.17) is 0 Å². The Balaban J connectivity index is 0.000000180. The van der Waals surface area contributed by atoms with Crippen molar-refractivity contribution in [2.75, 3.05) is 0 Å². The van der Waals surface area contributed by atoms with Gasteiger partial charge in [0.25, 0.3) is 0 Å². The van der Waals surface area contributed by atoms with Gasteiger partial charge in [0.2, 0.25) is 0 Å². The first-order chi connectivity index (χ1) is 8.63. The fourth-order valence-corrected chi connectivity index (χ4v) is 1.56. The molecule has 18 heavy (non-hydrogen) atoms. The van der Waals surface area contributed by atoms with Gasteiger partial charge in [-0.15, -0.1) is 0 Å². The maximum absolute atomic E-state index is 12.2. The Morgan fingerprint density at radius 2 is 1.44 bits per heavy atom.